The van der Waals surface area contributed by atoms with Crippen molar-refractivity contribution >= 4 is 16.8 Å². The fourth-order valence-electron chi connectivity index (χ4n) is 1.87. The highest BCUT2D eigenvalue weighted by Crippen LogP contribution is 2.21. The van der Waals surface area contributed by atoms with Gasteiger partial charge in [0.15, 0.2) is 12.2 Å². The maximum Gasteiger partial charge on any atom is 0.233 e. The van der Waals surface area contributed by atoms with E-state index < -0.39 is 0 Å². The number of hydrogen-bond acceptors (Lipinski definition) is 5. The maximum atomic E-state index is 5.70. The summed E-state index contributed by atoms with van der Waals surface area (Å²) in [4.78, 5) is 4.33. The molecule has 2 aromatic carbocycles. The number of nitrogens with zero attached hydrogens (tertiary/aromatic N) is 1. The summed E-state index contributed by atoms with van der Waals surface area (Å²) in [7, 11) is 1.62. The fraction of sp³-hybridized carbons (Fsp3) is 0.133. The number of rotatable bonds is 4. The number of nitrogens with two attached hydrogens (primary N) is 1. The smallest absolute Gasteiger partial charge is 0.233 e. The highest BCUT2D eigenvalue weighted by molar-refractivity contribution is 5.76. The van der Waals surface area contributed by atoms with Crippen molar-refractivity contribution in [2.45, 2.75) is 6.61 Å². The topological polar surface area (TPSA) is 70.5 Å². The van der Waals surface area contributed by atoms with Crippen LogP contribution in [0.3, 0.4) is 0 Å². The lowest BCUT2D eigenvalue weighted by Crippen LogP contribution is -1.95. The number of aromatic nitrogens is 1. The van der Waals surface area contributed by atoms with Crippen LogP contribution in [-0.2, 0) is 6.61 Å². The molecule has 102 valence electrons. The standard InChI is InChI=1S/C15H14N2O3/c1-18-11-3-5-12(6-4-11)19-9-15-17-13-8-10(16)2-7-14(13)20-15/h2-8H,9,16H2,1H3. The number of anilines is 1. The summed E-state index contributed by atoms with van der Waals surface area (Å²) in [5.74, 6) is 2.03. The third-order valence-corrected chi connectivity index (χ3v) is 2.88. The molecule has 3 aromatic rings. The first kappa shape index (κ1) is 12.3. The van der Waals surface area contributed by atoms with Crippen molar-refractivity contribution in [2.24, 2.45) is 0 Å². The van der Waals surface area contributed by atoms with Gasteiger partial charge in [0.1, 0.15) is 17.0 Å². The number of nitrogen functional groups attached to an aromatic ring is 1. The normalized spacial score (nSPS) is 10.7. The van der Waals surface area contributed by atoms with Crippen LogP contribution in [0.1, 0.15) is 5.89 Å². The van der Waals surface area contributed by atoms with E-state index in [0.29, 0.717) is 17.2 Å². The van der Waals surface area contributed by atoms with Gasteiger partial charge < -0.3 is 19.6 Å². The molecule has 0 aliphatic rings. The van der Waals surface area contributed by atoms with Gasteiger partial charge in [0.05, 0.1) is 7.11 Å². The van der Waals surface area contributed by atoms with Crippen LogP contribution in [0, 0.1) is 0 Å². The van der Waals surface area contributed by atoms with E-state index in [9.17, 15) is 0 Å². The van der Waals surface area contributed by atoms with E-state index in [-0.39, 0.29) is 6.61 Å². The average molecular weight is 270 g/mol. The molecule has 2 N–H and O–H groups in total. The molecule has 5 heteroatoms. The van der Waals surface area contributed by atoms with E-state index >= 15 is 0 Å². The van der Waals surface area contributed by atoms with Gasteiger partial charge in [-0.25, -0.2) is 4.98 Å². The van der Waals surface area contributed by atoms with Gasteiger partial charge in [-0.1, -0.05) is 0 Å². The van der Waals surface area contributed by atoms with Crippen molar-refractivity contribution in [3.63, 3.8) is 0 Å². The number of benzene rings is 2. The Morgan fingerprint density at radius 2 is 1.85 bits per heavy atom. The third-order valence-electron chi connectivity index (χ3n) is 2.88. The molecule has 0 saturated heterocycles. The van der Waals surface area contributed by atoms with Crippen LogP contribution >= 0.6 is 0 Å². The largest absolute Gasteiger partial charge is 0.497 e. The minimum Gasteiger partial charge on any atom is -0.497 e. The Morgan fingerprint density at radius 3 is 2.60 bits per heavy atom. The predicted molar refractivity (Wildman–Crippen MR) is 75.7 cm³/mol. The maximum absolute atomic E-state index is 5.70. The molecule has 0 atom stereocenters. The van der Waals surface area contributed by atoms with E-state index in [4.69, 9.17) is 19.6 Å². The predicted octanol–water partition coefficient (Wildman–Crippen LogP) is 3.00. The van der Waals surface area contributed by atoms with Crippen molar-refractivity contribution in [1.82, 2.24) is 4.98 Å². The molecule has 0 bridgehead atoms. The van der Waals surface area contributed by atoms with Crippen LogP contribution in [0.25, 0.3) is 11.1 Å². The molecule has 0 amide bonds. The summed E-state index contributed by atoms with van der Waals surface area (Å²) in [6, 6.07) is 12.7. The van der Waals surface area contributed by atoms with Gasteiger partial charge in [-0.05, 0) is 42.5 Å². The third kappa shape index (κ3) is 2.51. The Labute approximate surface area is 115 Å². The molecule has 0 radical (unpaired) electrons. The minimum atomic E-state index is 0.265. The summed E-state index contributed by atoms with van der Waals surface area (Å²) < 4.78 is 16.3. The van der Waals surface area contributed by atoms with E-state index in [1.807, 2.05) is 24.3 Å². The first-order valence-electron chi connectivity index (χ1n) is 6.16. The number of oxazole rings is 1. The van der Waals surface area contributed by atoms with E-state index in [2.05, 4.69) is 4.98 Å². The number of ether oxygens (including phenoxy) is 2. The van der Waals surface area contributed by atoms with Crippen molar-refractivity contribution < 1.29 is 13.9 Å². The highest BCUT2D eigenvalue weighted by atomic mass is 16.5. The molecule has 0 aliphatic heterocycles. The van der Waals surface area contributed by atoms with Crippen LogP contribution in [-0.4, -0.2) is 12.1 Å². The summed E-state index contributed by atoms with van der Waals surface area (Å²) in [5, 5.41) is 0. The van der Waals surface area contributed by atoms with Gasteiger partial charge in [-0.15, -0.1) is 0 Å². The summed E-state index contributed by atoms with van der Waals surface area (Å²) >= 11 is 0. The van der Waals surface area contributed by atoms with Gasteiger partial charge in [0.25, 0.3) is 0 Å². The lowest BCUT2D eigenvalue weighted by Gasteiger charge is -2.04. The van der Waals surface area contributed by atoms with Crippen LogP contribution in [0.15, 0.2) is 46.9 Å². The first-order valence-corrected chi connectivity index (χ1v) is 6.16. The molecule has 1 aromatic heterocycles. The molecule has 0 saturated carbocycles. The molecule has 0 aliphatic carbocycles. The lowest BCUT2D eigenvalue weighted by atomic mass is 10.3. The Bertz CT molecular complexity index is 720. The van der Waals surface area contributed by atoms with Gasteiger partial charge in [-0.2, -0.15) is 0 Å². The van der Waals surface area contributed by atoms with Crippen molar-refractivity contribution in [2.75, 3.05) is 12.8 Å². The zero-order valence-electron chi connectivity index (χ0n) is 11.0. The van der Waals surface area contributed by atoms with Gasteiger partial charge in [0, 0.05) is 5.69 Å². The molecular formula is C15H14N2O3. The lowest BCUT2D eigenvalue weighted by molar-refractivity contribution is 0.267. The Morgan fingerprint density at radius 1 is 1.10 bits per heavy atom. The van der Waals surface area contributed by atoms with Crippen LogP contribution < -0.4 is 15.2 Å². The number of fused-ring (bicyclic) bond motifs is 1. The SMILES string of the molecule is COc1ccc(OCc2nc3cc(N)ccc3o2)cc1. The molecule has 0 fully saturated rings. The second-order valence-corrected chi connectivity index (χ2v) is 4.30. The zero-order chi connectivity index (χ0) is 13.9. The quantitative estimate of drug-likeness (QED) is 0.738. The molecule has 5 nitrogen and oxygen atoms in total. The van der Waals surface area contributed by atoms with Gasteiger partial charge in [0.2, 0.25) is 5.89 Å². The van der Waals surface area contributed by atoms with E-state index in [0.717, 1.165) is 17.0 Å². The monoisotopic (exact) mass is 270 g/mol. The van der Waals surface area contributed by atoms with Crippen molar-refractivity contribution in [3.8, 4) is 11.5 Å². The Hall–Kier alpha value is -2.69. The van der Waals surface area contributed by atoms with Crippen LogP contribution in [0.5, 0.6) is 11.5 Å². The fourth-order valence-corrected chi connectivity index (χ4v) is 1.87. The number of methoxy groups -OCH3 is 1. The Kier molecular flexibility index (Phi) is 3.16. The summed E-state index contributed by atoms with van der Waals surface area (Å²) in [6.45, 7) is 0.265. The molecule has 3 rings (SSSR count). The number of hydrogen-bond donors (Lipinski definition) is 1. The van der Waals surface area contributed by atoms with Crippen LogP contribution in [0.4, 0.5) is 5.69 Å². The second kappa shape index (κ2) is 5.13. The van der Waals surface area contributed by atoms with Crippen molar-refractivity contribution in [1.29, 1.82) is 0 Å². The van der Waals surface area contributed by atoms with Crippen molar-refractivity contribution in [3.05, 3.63) is 48.4 Å². The summed E-state index contributed by atoms with van der Waals surface area (Å²) in [6.07, 6.45) is 0. The van der Waals surface area contributed by atoms with Gasteiger partial charge in [-0.3, -0.25) is 0 Å². The molecule has 1 heterocycles. The highest BCUT2D eigenvalue weighted by Gasteiger charge is 2.06. The molecule has 20 heavy (non-hydrogen) atoms. The minimum absolute atomic E-state index is 0.265. The van der Waals surface area contributed by atoms with E-state index in [1.54, 1.807) is 25.3 Å². The Balaban J connectivity index is 1.72. The molecule has 0 unspecified atom stereocenters. The average Bonchev–Trinajstić information content (AvgIpc) is 2.87. The summed E-state index contributed by atoms with van der Waals surface area (Å²) in [5.41, 5.74) is 7.80. The molecule has 0 spiro atoms. The van der Waals surface area contributed by atoms with Crippen LogP contribution in [0.2, 0.25) is 0 Å². The molecular weight excluding hydrogens is 256 g/mol. The first-order chi connectivity index (χ1) is 9.74. The second-order valence-electron chi connectivity index (χ2n) is 4.30. The van der Waals surface area contributed by atoms with E-state index in [1.165, 1.54) is 0 Å². The zero-order valence-corrected chi connectivity index (χ0v) is 11.0. The van der Waals surface area contributed by atoms with Gasteiger partial charge >= 0.3 is 0 Å².